The normalized spacial score (nSPS) is 13.5. The average Bonchev–Trinajstić information content (AvgIpc) is 3.32. The lowest BCUT2D eigenvalue weighted by molar-refractivity contribution is -0.115. The van der Waals surface area contributed by atoms with Gasteiger partial charge in [-0.1, -0.05) is 0 Å². The molecule has 3 heterocycles. The lowest BCUT2D eigenvalue weighted by atomic mass is 10.1. The zero-order valence-electron chi connectivity index (χ0n) is 16.7. The van der Waals surface area contributed by atoms with Gasteiger partial charge in [-0.25, -0.2) is 4.39 Å². The number of nitrogens with zero attached hydrogens (tertiary/aromatic N) is 1. The number of anilines is 2. The maximum absolute atomic E-state index is 13.6. The van der Waals surface area contributed by atoms with E-state index < -0.39 is 0 Å². The molecule has 4 aromatic rings. The standard InChI is InChI=1S/C24H22FN3OS/c1-15-20(21-12-17(25)2-7-22(21)26-15)13-24(29)27-18-3-5-19(6-4-18)28-10-8-23-16(14-28)9-11-30-23/h2-7,9,11-12,26H,8,10,13-14H2,1H3,(H,27,29). The van der Waals surface area contributed by atoms with Crippen LogP contribution in [0, 0.1) is 12.7 Å². The Hall–Kier alpha value is -3.12. The van der Waals surface area contributed by atoms with Gasteiger partial charge in [0.25, 0.3) is 0 Å². The number of H-pyrrole nitrogens is 1. The molecule has 0 spiro atoms. The van der Waals surface area contributed by atoms with Crippen LogP contribution in [0.25, 0.3) is 10.9 Å². The fraction of sp³-hybridized carbons (Fsp3) is 0.208. The van der Waals surface area contributed by atoms with Crippen LogP contribution in [0.3, 0.4) is 0 Å². The van der Waals surface area contributed by atoms with E-state index in [1.54, 1.807) is 6.07 Å². The van der Waals surface area contributed by atoms with Gasteiger partial charge >= 0.3 is 0 Å². The van der Waals surface area contributed by atoms with Gasteiger partial charge in [-0.2, -0.15) is 0 Å². The van der Waals surface area contributed by atoms with Gasteiger partial charge in [0.15, 0.2) is 0 Å². The highest BCUT2D eigenvalue weighted by molar-refractivity contribution is 7.10. The van der Waals surface area contributed by atoms with E-state index in [1.807, 2.05) is 30.4 Å². The number of thiophene rings is 1. The number of hydrogen-bond donors (Lipinski definition) is 2. The first-order valence-corrected chi connectivity index (χ1v) is 10.9. The van der Waals surface area contributed by atoms with Crippen LogP contribution in [0.15, 0.2) is 53.9 Å². The minimum atomic E-state index is -0.300. The van der Waals surface area contributed by atoms with Crippen LogP contribution in [-0.4, -0.2) is 17.4 Å². The topological polar surface area (TPSA) is 48.1 Å². The number of rotatable bonds is 4. The van der Waals surface area contributed by atoms with Crippen molar-refractivity contribution in [2.75, 3.05) is 16.8 Å². The van der Waals surface area contributed by atoms with Crippen LogP contribution < -0.4 is 10.2 Å². The average molecular weight is 420 g/mol. The van der Waals surface area contributed by atoms with Gasteiger partial charge in [-0.05, 0) is 78.4 Å². The molecule has 0 radical (unpaired) electrons. The van der Waals surface area contributed by atoms with Crippen LogP contribution in [0.5, 0.6) is 0 Å². The van der Waals surface area contributed by atoms with Crippen molar-refractivity contribution in [3.63, 3.8) is 0 Å². The van der Waals surface area contributed by atoms with E-state index in [-0.39, 0.29) is 18.1 Å². The number of hydrogen-bond acceptors (Lipinski definition) is 3. The van der Waals surface area contributed by atoms with Crippen LogP contribution in [0.2, 0.25) is 0 Å². The summed E-state index contributed by atoms with van der Waals surface area (Å²) in [5, 5.41) is 5.89. The number of nitrogens with one attached hydrogen (secondary N) is 2. The molecular formula is C24H22FN3OS. The Kier molecular flexibility index (Phi) is 4.79. The molecule has 152 valence electrons. The smallest absolute Gasteiger partial charge is 0.228 e. The molecule has 2 N–H and O–H groups in total. The van der Waals surface area contributed by atoms with Gasteiger partial charge in [-0.3, -0.25) is 4.79 Å². The second-order valence-electron chi connectivity index (χ2n) is 7.73. The Morgan fingerprint density at radius 2 is 2.03 bits per heavy atom. The largest absolute Gasteiger partial charge is 0.367 e. The maximum atomic E-state index is 13.6. The summed E-state index contributed by atoms with van der Waals surface area (Å²) >= 11 is 1.84. The van der Waals surface area contributed by atoms with Crippen molar-refractivity contribution in [3.8, 4) is 0 Å². The molecule has 0 fully saturated rings. The third-order valence-corrected chi connectivity index (χ3v) is 6.77. The second kappa shape index (κ2) is 7.61. The summed E-state index contributed by atoms with van der Waals surface area (Å²) < 4.78 is 13.6. The molecule has 0 unspecified atom stereocenters. The molecule has 4 nitrogen and oxygen atoms in total. The molecule has 0 saturated heterocycles. The minimum absolute atomic E-state index is 0.114. The lowest BCUT2D eigenvalue weighted by Gasteiger charge is -2.29. The molecular weight excluding hydrogens is 397 g/mol. The molecule has 1 amide bonds. The Morgan fingerprint density at radius 1 is 1.20 bits per heavy atom. The molecule has 1 aliphatic rings. The Morgan fingerprint density at radius 3 is 2.87 bits per heavy atom. The summed E-state index contributed by atoms with van der Waals surface area (Å²) in [6, 6.07) is 14.8. The molecule has 5 rings (SSSR count). The summed E-state index contributed by atoms with van der Waals surface area (Å²) in [6.07, 6.45) is 1.28. The zero-order valence-corrected chi connectivity index (χ0v) is 17.5. The predicted octanol–water partition coefficient (Wildman–Crippen LogP) is 5.42. The summed E-state index contributed by atoms with van der Waals surface area (Å²) in [5.74, 6) is -0.414. The highest BCUT2D eigenvalue weighted by Gasteiger charge is 2.18. The van der Waals surface area contributed by atoms with Gasteiger partial charge in [0.2, 0.25) is 5.91 Å². The van der Waals surface area contributed by atoms with Gasteiger partial charge < -0.3 is 15.2 Å². The first-order chi connectivity index (χ1) is 14.6. The number of fused-ring (bicyclic) bond motifs is 2. The van der Waals surface area contributed by atoms with Crippen molar-refractivity contribution in [3.05, 3.63) is 81.4 Å². The first kappa shape index (κ1) is 18.9. The summed E-state index contributed by atoms with van der Waals surface area (Å²) in [7, 11) is 0. The highest BCUT2D eigenvalue weighted by Crippen LogP contribution is 2.29. The second-order valence-corrected chi connectivity index (χ2v) is 8.73. The van der Waals surface area contributed by atoms with Gasteiger partial charge in [0.05, 0.1) is 6.42 Å². The molecule has 30 heavy (non-hydrogen) atoms. The number of aromatic nitrogens is 1. The monoisotopic (exact) mass is 419 g/mol. The summed E-state index contributed by atoms with van der Waals surface area (Å²) in [4.78, 5) is 19.7. The summed E-state index contributed by atoms with van der Waals surface area (Å²) in [5.41, 5.74) is 5.90. The van der Waals surface area contributed by atoms with Gasteiger partial charge in [0, 0.05) is 45.9 Å². The first-order valence-electron chi connectivity index (χ1n) is 10.0. The molecule has 1 aliphatic heterocycles. The summed E-state index contributed by atoms with van der Waals surface area (Å²) in [6.45, 7) is 3.85. The van der Waals surface area contributed by atoms with E-state index in [0.717, 1.165) is 53.0 Å². The van der Waals surface area contributed by atoms with E-state index in [2.05, 4.69) is 38.8 Å². The maximum Gasteiger partial charge on any atom is 0.228 e. The number of carbonyl (C=O) groups excluding carboxylic acids is 1. The Bertz CT molecular complexity index is 1230. The number of carbonyl (C=O) groups is 1. The van der Waals surface area contributed by atoms with E-state index in [4.69, 9.17) is 0 Å². The van der Waals surface area contributed by atoms with E-state index in [1.165, 1.54) is 22.6 Å². The Balaban J connectivity index is 1.27. The minimum Gasteiger partial charge on any atom is -0.367 e. The van der Waals surface area contributed by atoms with Crippen molar-refractivity contribution in [2.24, 2.45) is 0 Å². The lowest BCUT2D eigenvalue weighted by Crippen LogP contribution is -2.29. The van der Waals surface area contributed by atoms with Gasteiger partial charge in [-0.15, -0.1) is 11.3 Å². The van der Waals surface area contributed by atoms with Crippen LogP contribution >= 0.6 is 11.3 Å². The van der Waals surface area contributed by atoms with E-state index in [0.29, 0.717) is 0 Å². The third-order valence-electron chi connectivity index (χ3n) is 5.74. The highest BCUT2D eigenvalue weighted by atomic mass is 32.1. The van der Waals surface area contributed by atoms with E-state index in [9.17, 15) is 9.18 Å². The number of aromatic amines is 1. The molecule has 2 aromatic carbocycles. The van der Waals surface area contributed by atoms with Crippen LogP contribution in [0.4, 0.5) is 15.8 Å². The SMILES string of the molecule is Cc1[nH]c2ccc(F)cc2c1CC(=O)Nc1ccc(N2CCc3sccc3C2)cc1. The molecule has 2 aromatic heterocycles. The third kappa shape index (κ3) is 3.59. The van der Waals surface area contributed by atoms with Crippen molar-refractivity contribution >= 4 is 39.5 Å². The predicted molar refractivity (Wildman–Crippen MR) is 121 cm³/mol. The van der Waals surface area contributed by atoms with Crippen molar-refractivity contribution < 1.29 is 9.18 Å². The molecule has 0 atom stereocenters. The Labute approximate surface area is 178 Å². The molecule has 0 aliphatic carbocycles. The van der Waals surface area contributed by atoms with Crippen molar-refractivity contribution in [1.29, 1.82) is 0 Å². The number of amides is 1. The fourth-order valence-corrected chi connectivity index (χ4v) is 5.06. The number of halogens is 1. The van der Waals surface area contributed by atoms with Crippen molar-refractivity contribution in [2.45, 2.75) is 26.3 Å². The molecule has 0 bridgehead atoms. The van der Waals surface area contributed by atoms with Crippen LogP contribution in [-0.2, 0) is 24.2 Å². The number of aryl methyl sites for hydroxylation is 1. The molecule has 0 saturated carbocycles. The zero-order chi connectivity index (χ0) is 20.7. The quantitative estimate of drug-likeness (QED) is 0.464. The van der Waals surface area contributed by atoms with Gasteiger partial charge in [0.1, 0.15) is 5.82 Å². The van der Waals surface area contributed by atoms with E-state index >= 15 is 0 Å². The number of benzene rings is 2. The fourth-order valence-electron chi connectivity index (χ4n) is 4.17. The van der Waals surface area contributed by atoms with Crippen molar-refractivity contribution in [1.82, 2.24) is 4.98 Å². The molecule has 6 heteroatoms. The van der Waals surface area contributed by atoms with Crippen LogP contribution in [0.1, 0.15) is 21.7 Å².